The minimum atomic E-state index is -0.457. The molecule has 0 bridgehead atoms. The van der Waals surface area contributed by atoms with Gasteiger partial charge in [0.05, 0.1) is 10.7 Å². The highest BCUT2D eigenvalue weighted by Gasteiger charge is 2.55. The van der Waals surface area contributed by atoms with E-state index in [9.17, 15) is 4.79 Å². The van der Waals surface area contributed by atoms with Gasteiger partial charge in [-0.05, 0) is 46.0 Å². The van der Waals surface area contributed by atoms with Crippen LogP contribution >= 0.6 is 15.9 Å². The van der Waals surface area contributed by atoms with E-state index in [1.54, 1.807) is 17.1 Å². The summed E-state index contributed by atoms with van der Waals surface area (Å²) in [6, 6.07) is 1.99. The number of hydrogen-bond acceptors (Lipinski definition) is 3. The third-order valence-corrected chi connectivity index (χ3v) is 4.54. The molecule has 4 rings (SSSR count). The van der Waals surface area contributed by atoms with E-state index in [4.69, 9.17) is 0 Å². The molecule has 102 valence electrons. The fourth-order valence-electron chi connectivity index (χ4n) is 2.85. The molecule has 6 heteroatoms. The Morgan fingerprint density at radius 1 is 1.25 bits per heavy atom. The third-order valence-electron chi connectivity index (χ3n) is 4.13. The molecule has 1 saturated carbocycles. The van der Waals surface area contributed by atoms with Gasteiger partial charge >= 0.3 is 0 Å². The second-order valence-electron chi connectivity index (χ2n) is 5.44. The van der Waals surface area contributed by atoms with Crippen molar-refractivity contribution in [2.24, 2.45) is 0 Å². The maximum Gasteiger partial charge on any atom is 0.251 e. The standard InChI is InChI=1S/C14H13BrN4O/c15-12-6-17-19(9-12)14(2-3-14)13(20)18-7-10-1-4-16-5-11(10)8-18/h1,4-6,9H,2-3,7-8H2. The lowest BCUT2D eigenvalue weighted by Gasteiger charge is -2.23. The van der Waals surface area contributed by atoms with Crippen molar-refractivity contribution >= 4 is 21.8 Å². The van der Waals surface area contributed by atoms with Crippen LogP contribution in [0.3, 0.4) is 0 Å². The van der Waals surface area contributed by atoms with E-state index in [1.165, 1.54) is 5.56 Å². The molecule has 2 aliphatic rings. The number of rotatable bonds is 2. The van der Waals surface area contributed by atoms with E-state index in [-0.39, 0.29) is 5.91 Å². The Labute approximate surface area is 124 Å². The lowest BCUT2D eigenvalue weighted by Crippen LogP contribution is -2.39. The molecule has 1 aliphatic heterocycles. The minimum Gasteiger partial charge on any atom is -0.332 e. The molecule has 0 N–H and O–H groups in total. The highest BCUT2D eigenvalue weighted by molar-refractivity contribution is 9.10. The maximum absolute atomic E-state index is 12.8. The van der Waals surface area contributed by atoms with Crippen LogP contribution in [0, 0.1) is 0 Å². The Morgan fingerprint density at radius 2 is 2.05 bits per heavy atom. The van der Waals surface area contributed by atoms with Crippen molar-refractivity contribution < 1.29 is 4.79 Å². The fourth-order valence-corrected chi connectivity index (χ4v) is 3.14. The van der Waals surface area contributed by atoms with E-state index < -0.39 is 5.54 Å². The molecule has 1 amide bonds. The zero-order valence-electron chi connectivity index (χ0n) is 10.8. The van der Waals surface area contributed by atoms with Gasteiger partial charge in [0.25, 0.3) is 5.91 Å². The summed E-state index contributed by atoms with van der Waals surface area (Å²) in [4.78, 5) is 18.9. The van der Waals surface area contributed by atoms with Gasteiger partial charge in [-0.2, -0.15) is 5.10 Å². The van der Waals surface area contributed by atoms with Crippen LogP contribution < -0.4 is 0 Å². The van der Waals surface area contributed by atoms with Gasteiger partial charge in [-0.15, -0.1) is 0 Å². The first kappa shape index (κ1) is 12.1. The van der Waals surface area contributed by atoms with E-state index in [1.807, 2.05) is 23.4 Å². The lowest BCUT2D eigenvalue weighted by atomic mass is 10.2. The van der Waals surface area contributed by atoms with Crippen molar-refractivity contribution in [1.82, 2.24) is 19.7 Å². The van der Waals surface area contributed by atoms with E-state index in [0.717, 1.165) is 22.9 Å². The third kappa shape index (κ3) is 1.71. The van der Waals surface area contributed by atoms with Gasteiger partial charge in [-0.25, -0.2) is 0 Å². The molecule has 1 aliphatic carbocycles. The fraction of sp³-hybridized carbons (Fsp3) is 0.357. The predicted molar refractivity (Wildman–Crippen MR) is 75.6 cm³/mol. The first-order valence-electron chi connectivity index (χ1n) is 6.61. The van der Waals surface area contributed by atoms with Crippen molar-refractivity contribution in [3.8, 4) is 0 Å². The van der Waals surface area contributed by atoms with Crippen LogP contribution in [-0.4, -0.2) is 25.6 Å². The largest absolute Gasteiger partial charge is 0.332 e. The van der Waals surface area contributed by atoms with Crippen molar-refractivity contribution in [2.45, 2.75) is 31.5 Å². The number of fused-ring (bicyclic) bond motifs is 1. The zero-order valence-corrected chi connectivity index (χ0v) is 12.4. The van der Waals surface area contributed by atoms with Gasteiger partial charge in [0.1, 0.15) is 5.54 Å². The number of hydrogen-bond donors (Lipinski definition) is 0. The van der Waals surface area contributed by atoms with Crippen LogP contribution in [0.1, 0.15) is 24.0 Å². The number of amides is 1. The molecule has 0 saturated heterocycles. The van der Waals surface area contributed by atoms with E-state index in [2.05, 4.69) is 26.0 Å². The van der Waals surface area contributed by atoms with Gasteiger partial charge < -0.3 is 4.90 Å². The summed E-state index contributed by atoms with van der Waals surface area (Å²) in [5, 5.41) is 4.30. The molecule has 0 aromatic carbocycles. The molecule has 0 atom stereocenters. The summed E-state index contributed by atoms with van der Waals surface area (Å²) < 4.78 is 2.71. The molecular formula is C14H13BrN4O. The van der Waals surface area contributed by atoms with Gasteiger partial charge in [0, 0.05) is 31.7 Å². The molecule has 0 unspecified atom stereocenters. The Kier molecular flexibility index (Phi) is 2.51. The summed E-state index contributed by atoms with van der Waals surface area (Å²) in [6.45, 7) is 1.34. The van der Waals surface area contributed by atoms with Gasteiger partial charge in [0.15, 0.2) is 0 Å². The highest BCUT2D eigenvalue weighted by atomic mass is 79.9. The Morgan fingerprint density at radius 3 is 2.70 bits per heavy atom. The zero-order chi connectivity index (χ0) is 13.7. The van der Waals surface area contributed by atoms with Crippen LogP contribution in [0.2, 0.25) is 0 Å². The number of carbonyl (C=O) groups is 1. The normalized spacial score (nSPS) is 18.9. The maximum atomic E-state index is 12.8. The molecule has 0 spiro atoms. The minimum absolute atomic E-state index is 0.171. The number of aromatic nitrogens is 3. The number of pyridine rings is 1. The Hall–Kier alpha value is -1.69. The average molecular weight is 333 g/mol. The molecule has 3 heterocycles. The second kappa shape index (κ2) is 4.15. The average Bonchev–Trinajstić information content (AvgIpc) is 2.95. The highest BCUT2D eigenvalue weighted by Crippen LogP contribution is 2.46. The number of nitrogens with zero attached hydrogens (tertiary/aromatic N) is 4. The SMILES string of the molecule is O=C(N1Cc2ccncc2C1)C1(n2cc(Br)cn2)CC1. The van der Waals surface area contributed by atoms with Crippen LogP contribution in [-0.2, 0) is 23.4 Å². The van der Waals surface area contributed by atoms with Gasteiger partial charge in [-0.3, -0.25) is 14.5 Å². The summed E-state index contributed by atoms with van der Waals surface area (Å²) in [5.74, 6) is 0.171. The van der Waals surface area contributed by atoms with E-state index in [0.29, 0.717) is 13.1 Å². The molecular weight excluding hydrogens is 320 g/mol. The molecule has 20 heavy (non-hydrogen) atoms. The summed E-state index contributed by atoms with van der Waals surface area (Å²) in [5.41, 5.74) is 1.89. The van der Waals surface area contributed by atoms with Crippen molar-refractivity contribution in [2.75, 3.05) is 0 Å². The van der Waals surface area contributed by atoms with Crippen LogP contribution in [0.5, 0.6) is 0 Å². The molecule has 0 radical (unpaired) electrons. The van der Waals surface area contributed by atoms with Gasteiger partial charge in [0.2, 0.25) is 0 Å². The number of halogens is 1. The van der Waals surface area contributed by atoms with Crippen LogP contribution in [0.15, 0.2) is 35.3 Å². The quantitative estimate of drug-likeness (QED) is 0.845. The lowest BCUT2D eigenvalue weighted by molar-refractivity contribution is -0.137. The Balaban J connectivity index is 1.60. The second-order valence-corrected chi connectivity index (χ2v) is 6.36. The summed E-state index contributed by atoms with van der Waals surface area (Å²) in [7, 11) is 0. The molecule has 2 aromatic rings. The van der Waals surface area contributed by atoms with Crippen LogP contribution in [0.25, 0.3) is 0 Å². The summed E-state index contributed by atoms with van der Waals surface area (Å²) >= 11 is 3.39. The van der Waals surface area contributed by atoms with Crippen molar-refractivity contribution in [1.29, 1.82) is 0 Å². The molecule has 2 aromatic heterocycles. The first-order chi connectivity index (χ1) is 9.69. The van der Waals surface area contributed by atoms with Crippen LogP contribution in [0.4, 0.5) is 0 Å². The topological polar surface area (TPSA) is 51.0 Å². The van der Waals surface area contributed by atoms with Crippen molar-refractivity contribution in [3.63, 3.8) is 0 Å². The first-order valence-corrected chi connectivity index (χ1v) is 7.40. The summed E-state index contributed by atoms with van der Waals surface area (Å²) in [6.07, 6.45) is 8.98. The molecule has 1 fully saturated rings. The monoisotopic (exact) mass is 332 g/mol. The Bertz CT molecular complexity index is 667. The van der Waals surface area contributed by atoms with Gasteiger partial charge in [-0.1, -0.05) is 0 Å². The predicted octanol–water partition coefficient (Wildman–Crippen LogP) is 2.07. The molecule has 5 nitrogen and oxygen atoms in total. The number of carbonyl (C=O) groups excluding carboxylic acids is 1. The van der Waals surface area contributed by atoms with Crippen molar-refractivity contribution in [3.05, 3.63) is 46.5 Å². The smallest absolute Gasteiger partial charge is 0.251 e. The van der Waals surface area contributed by atoms with E-state index >= 15 is 0 Å².